The molecule has 8 heteroatoms. The maximum atomic E-state index is 13.2. The molecule has 0 amide bonds. The second-order valence-corrected chi connectivity index (χ2v) is 8.69. The van der Waals surface area contributed by atoms with Gasteiger partial charge in [0.15, 0.2) is 0 Å². The summed E-state index contributed by atoms with van der Waals surface area (Å²) in [4.78, 5) is 8.47. The molecule has 0 fully saturated rings. The topological polar surface area (TPSA) is 90.0 Å². The van der Waals surface area contributed by atoms with Crippen molar-refractivity contribution in [2.24, 2.45) is 0 Å². The van der Waals surface area contributed by atoms with Gasteiger partial charge in [0.25, 0.3) is 0 Å². The monoisotopic (exact) mass is 434 g/mol. The van der Waals surface area contributed by atoms with E-state index in [0.717, 1.165) is 18.5 Å². The van der Waals surface area contributed by atoms with Gasteiger partial charge in [0, 0.05) is 31.6 Å². The molecule has 2 aromatic heterocycles. The molecule has 0 unspecified atom stereocenters. The zero-order valence-corrected chi connectivity index (χ0v) is 17.6. The molecule has 158 valence electrons. The van der Waals surface area contributed by atoms with Crippen LogP contribution in [0.5, 0.6) is 0 Å². The van der Waals surface area contributed by atoms with Crippen molar-refractivity contribution in [3.05, 3.63) is 90.8 Å². The summed E-state index contributed by atoms with van der Waals surface area (Å²) in [6.07, 6.45) is 9.60. The van der Waals surface area contributed by atoms with Crippen LogP contribution in [0.25, 0.3) is 12.2 Å². The highest BCUT2D eigenvalue weighted by atomic mass is 32.2. The smallest absolute Gasteiger partial charge is 0.233 e. The van der Waals surface area contributed by atoms with E-state index in [1.807, 2.05) is 47.2 Å². The molecule has 0 atom stereocenters. The minimum Gasteiger partial charge on any atom is -0.420 e. The SMILES string of the molecule is O=S(=O)(c1ccccc1)c1nc(/C=C/c2ccccc2)oc1NCCCn1ccnc1. The molecule has 1 N–H and O–H groups in total. The molecule has 0 saturated heterocycles. The first-order valence-corrected chi connectivity index (χ1v) is 11.3. The van der Waals surface area contributed by atoms with Crippen LogP contribution in [0.15, 0.2) is 93.7 Å². The van der Waals surface area contributed by atoms with Gasteiger partial charge in [-0.25, -0.2) is 13.4 Å². The maximum absolute atomic E-state index is 13.2. The molecule has 0 bridgehead atoms. The normalized spacial score (nSPS) is 11.7. The molecule has 0 aliphatic rings. The number of benzene rings is 2. The summed E-state index contributed by atoms with van der Waals surface area (Å²) in [5, 5.41) is 2.98. The lowest BCUT2D eigenvalue weighted by Gasteiger charge is -2.06. The van der Waals surface area contributed by atoms with E-state index in [1.165, 1.54) is 0 Å². The van der Waals surface area contributed by atoms with Gasteiger partial charge in [-0.05, 0) is 30.2 Å². The zero-order chi connectivity index (χ0) is 21.5. The van der Waals surface area contributed by atoms with E-state index >= 15 is 0 Å². The van der Waals surface area contributed by atoms with Crippen LogP contribution in [0.2, 0.25) is 0 Å². The van der Waals surface area contributed by atoms with E-state index in [2.05, 4.69) is 15.3 Å². The lowest BCUT2D eigenvalue weighted by molar-refractivity contribution is 0.550. The molecule has 7 nitrogen and oxygen atoms in total. The van der Waals surface area contributed by atoms with Crippen LogP contribution in [-0.4, -0.2) is 29.5 Å². The molecule has 31 heavy (non-hydrogen) atoms. The number of hydrogen-bond donors (Lipinski definition) is 1. The number of nitrogens with one attached hydrogen (secondary N) is 1. The van der Waals surface area contributed by atoms with E-state index in [-0.39, 0.29) is 21.7 Å². The van der Waals surface area contributed by atoms with Gasteiger partial charge in [-0.1, -0.05) is 48.5 Å². The minimum absolute atomic E-state index is 0.117. The van der Waals surface area contributed by atoms with Crippen LogP contribution >= 0.6 is 0 Å². The summed E-state index contributed by atoms with van der Waals surface area (Å²) >= 11 is 0. The number of oxazole rings is 1. The van der Waals surface area contributed by atoms with Crippen molar-refractivity contribution in [1.29, 1.82) is 0 Å². The Kier molecular flexibility index (Phi) is 6.28. The molecule has 4 rings (SSSR count). The van der Waals surface area contributed by atoms with Gasteiger partial charge in [0.1, 0.15) is 0 Å². The van der Waals surface area contributed by atoms with Crippen molar-refractivity contribution in [3.8, 4) is 0 Å². The fraction of sp³-hybridized carbons (Fsp3) is 0.130. The average Bonchev–Trinajstić information content (AvgIpc) is 3.47. The number of rotatable bonds is 9. The number of aryl methyl sites for hydroxylation is 1. The van der Waals surface area contributed by atoms with Crippen molar-refractivity contribution in [2.75, 3.05) is 11.9 Å². The Morgan fingerprint density at radius 1 is 1.00 bits per heavy atom. The highest BCUT2D eigenvalue weighted by Crippen LogP contribution is 2.29. The molecule has 0 spiro atoms. The van der Waals surface area contributed by atoms with Gasteiger partial charge in [0.2, 0.25) is 26.6 Å². The Bertz CT molecular complexity index is 1230. The second kappa shape index (κ2) is 9.44. The first-order chi connectivity index (χ1) is 15.1. The van der Waals surface area contributed by atoms with Gasteiger partial charge < -0.3 is 14.3 Å². The second-order valence-electron chi connectivity index (χ2n) is 6.83. The van der Waals surface area contributed by atoms with Gasteiger partial charge >= 0.3 is 0 Å². The van der Waals surface area contributed by atoms with Crippen LogP contribution in [0.1, 0.15) is 17.9 Å². The first kappa shape index (κ1) is 20.6. The van der Waals surface area contributed by atoms with Gasteiger partial charge in [-0.3, -0.25) is 0 Å². The average molecular weight is 435 g/mol. The molecule has 0 saturated carbocycles. The highest BCUT2D eigenvalue weighted by Gasteiger charge is 2.27. The van der Waals surface area contributed by atoms with Crippen LogP contribution < -0.4 is 5.32 Å². The number of imidazole rings is 1. The van der Waals surface area contributed by atoms with Crippen LogP contribution in [-0.2, 0) is 16.4 Å². The number of anilines is 1. The fourth-order valence-corrected chi connectivity index (χ4v) is 4.32. The molecular formula is C23H22N4O3S. The summed E-state index contributed by atoms with van der Waals surface area (Å²) in [6.45, 7) is 1.27. The summed E-state index contributed by atoms with van der Waals surface area (Å²) < 4.78 is 34.1. The van der Waals surface area contributed by atoms with Gasteiger partial charge in [-0.2, -0.15) is 4.98 Å². The van der Waals surface area contributed by atoms with Crippen molar-refractivity contribution in [3.63, 3.8) is 0 Å². The fourth-order valence-electron chi connectivity index (χ4n) is 3.01. The number of aromatic nitrogens is 3. The molecular weight excluding hydrogens is 412 g/mol. The molecule has 2 heterocycles. The molecule has 4 aromatic rings. The van der Waals surface area contributed by atoms with E-state index in [1.54, 1.807) is 48.9 Å². The van der Waals surface area contributed by atoms with E-state index in [4.69, 9.17) is 4.42 Å². The Labute approximate surface area is 181 Å². The summed E-state index contributed by atoms with van der Waals surface area (Å²) in [6, 6.07) is 17.9. The lowest BCUT2D eigenvalue weighted by atomic mass is 10.2. The molecule has 0 aliphatic carbocycles. The minimum atomic E-state index is -3.83. The Balaban J connectivity index is 1.58. The predicted octanol–water partition coefficient (Wildman–Crippen LogP) is 4.38. The van der Waals surface area contributed by atoms with Crippen molar-refractivity contribution < 1.29 is 12.8 Å². The molecule has 0 aliphatic heterocycles. The Morgan fingerprint density at radius 2 is 1.74 bits per heavy atom. The van der Waals surface area contributed by atoms with Crippen molar-refractivity contribution in [2.45, 2.75) is 22.9 Å². The lowest BCUT2D eigenvalue weighted by Crippen LogP contribution is -2.09. The summed E-state index contributed by atoms with van der Waals surface area (Å²) in [7, 11) is -3.83. The van der Waals surface area contributed by atoms with Crippen LogP contribution in [0.3, 0.4) is 0 Å². The van der Waals surface area contributed by atoms with Crippen LogP contribution in [0.4, 0.5) is 5.88 Å². The Morgan fingerprint density at radius 3 is 2.45 bits per heavy atom. The number of hydrogen-bond acceptors (Lipinski definition) is 6. The third-order valence-electron chi connectivity index (χ3n) is 4.58. The highest BCUT2D eigenvalue weighted by molar-refractivity contribution is 7.91. The quantitative estimate of drug-likeness (QED) is 0.393. The Hall–Kier alpha value is -3.65. The van der Waals surface area contributed by atoms with E-state index in [0.29, 0.717) is 6.54 Å². The third-order valence-corrected chi connectivity index (χ3v) is 6.25. The summed E-state index contributed by atoms with van der Waals surface area (Å²) in [5.74, 6) is 0.359. The maximum Gasteiger partial charge on any atom is 0.233 e. The largest absolute Gasteiger partial charge is 0.420 e. The van der Waals surface area contributed by atoms with E-state index < -0.39 is 9.84 Å². The third kappa shape index (κ3) is 5.10. The predicted molar refractivity (Wildman–Crippen MR) is 119 cm³/mol. The van der Waals surface area contributed by atoms with Gasteiger partial charge in [0.05, 0.1) is 11.2 Å². The molecule has 0 radical (unpaired) electrons. The van der Waals surface area contributed by atoms with Crippen molar-refractivity contribution in [1.82, 2.24) is 14.5 Å². The zero-order valence-electron chi connectivity index (χ0n) is 16.8. The van der Waals surface area contributed by atoms with Crippen LogP contribution in [0, 0.1) is 0 Å². The standard InChI is InChI=1S/C23H22N4O3S/c28-31(29,20-10-5-2-6-11-20)23-22(25-14-7-16-27-17-15-24-18-27)30-21(26-23)13-12-19-8-3-1-4-9-19/h1-6,8-13,15,17-18,25H,7,14,16H2/b13-12+. The summed E-state index contributed by atoms with van der Waals surface area (Å²) in [5.41, 5.74) is 0.961. The van der Waals surface area contributed by atoms with Gasteiger partial charge in [-0.15, -0.1) is 0 Å². The first-order valence-electron chi connectivity index (χ1n) is 9.87. The molecule has 2 aromatic carbocycles. The van der Waals surface area contributed by atoms with Crippen molar-refractivity contribution >= 4 is 27.9 Å². The number of nitrogens with zero attached hydrogens (tertiary/aromatic N) is 3. The van der Waals surface area contributed by atoms with E-state index in [9.17, 15) is 8.42 Å². The number of sulfone groups is 1.